The molecule has 1 aromatic heterocycles. The molecule has 2 aromatic carbocycles. The summed E-state index contributed by atoms with van der Waals surface area (Å²) in [6.45, 7) is 3.04. The third-order valence-electron chi connectivity index (χ3n) is 5.63. The summed E-state index contributed by atoms with van der Waals surface area (Å²) >= 11 is 1.37. The highest BCUT2D eigenvalue weighted by atomic mass is 32.2. The first-order valence-corrected chi connectivity index (χ1v) is 12.8. The highest BCUT2D eigenvalue weighted by molar-refractivity contribution is 8.14. The minimum Gasteiger partial charge on any atom is -0.374 e. The van der Waals surface area contributed by atoms with E-state index in [1.165, 1.54) is 36.0 Å². The van der Waals surface area contributed by atoms with Crippen molar-refractivity contribution in [1.29, 1.82) is 0 Å². The number of hydrogen-bond donors (Lipinski definition) is 0. The Hall–Kier alpha value is -2.89. The van der Waals surface area contributed by atoms with Crippen LogP contribution in [0.2, 0.25) is 0 Å². The Labute approximate surface area is 209 Å². The van der Waals surface area contributed by atoms with Crippen molar-refractivity contribution in [2.45, 2.75) is 13.0 Å². The monoisotopic (exact) mass is 475 g/mol. The molecule has 0 fully saturated rings. The number of thioether (sulfide) groups is 1. The maximum atomic E-state index is 12.2. The van der Waals surface area contributed by atoms with E-state index in [0.29, 0.717) is 0 Å². The van der Waals surface area contributed by atoms with Crippen LogP contribution in [-0.4, -0.2) is 56.6 Å². The van der Waals surface area contributed by atoms with Gasteiger partial charge in [0.25, 0.3) is 0 Å². The van der Waals surface area contributed by atoms with Crippen LogP contribution < -0.4 is 9.47 Å². The molecule has 4 nitrogen and oxygen atoms in total. The SMILES string of the molecule is CN(CCC[N+](C)(C)C)c1ccc(/C=C/c2cc[n+](CCSC(=O)c3ccccc3)cc2)cc1. The van der Waals surface area contributed by atoms with Crippen LogP contribution >= 0.6 is 11.8 Å². The molecule has 0 saturated heterocycles. The van der Waals surface area contributed by atoms with E-state index in [-0.39, 0.29) is 5.12 Å². The van der Waals surface area contributed by atoms with Gasteiger partial charge < -0.3 is 9.38 Å². The molecule has 1 heterocycles. The standard InChI is InChI=1S/C29H37N3OS/c1-30(19-8-23-32(2,3)4)28-15-13-25(14-16-28)11-12-26-17-20-31(21-18-26)22-24-34-29(33)27-9-6-5-7-10-27/h5-7,9-18,20-21H,8,19,22-24H2,1-4H3/q+2. The van der Waals surface area contributed by atoms with Crippen molar-refractivity contribution in [3.05, 3.63) is 95.8 Å². The second-order valence-electron chi connectivity index (χ2n) is 9.59. The Morgan fingerprint density at radius 2 is 1.53 bits per heavy atom. The highest BCUT2D eigenvalue weighted by Crippen LogP contribution is 2.16. The summed E-state index contributed by atoms with van der Waals surface area (Å²) < 4.78 is 3.12. The maximum Gasteiger partial charge on any atom is 0.219 e. The van der Waals surface area contributed by atoms with Crippen LogP contribution in [0.25, 0.3) is 12.2 Å². The van der Waals surface area contributed by atoms with Crippen molar-refractivity contribution >= 4 is 34.7 Å². The van der Waals surface area contributed by atoms with E-state index >= 15 is 0 Å². The fraction of sp³-hybridized carbons (Fsp3) is 0.310. The Kier molecular flexibility index (Phi) is 9.49. The summed E-state index contributed by atoms with van der Waals surface area (Å²) in [5.41, 5.74) is 4.36. The fourth-order valence-electron chi connectivity index (χ4n) is 3.57. The summed E-state index contributed by atoms with van der Waals surface area (Å²) in [5, 5.41) is 0.127. The lowest BCUT2D eigenvalue weighted by molar-refractivity contribution is -0.870. The predicted octanol–water partition coefficient (Wildman–Crippen LogP) is 5.25. The van der Waals surface area contributed by atoms with Crippen LogP contribution in [0, 0.1) is 0 Å². The molecule has 0 saturated carbocycles. The molecule has 0 amide bonds. The molecule has 0 radical (unpaired) electrons. The second-order valence-corrected chi connectivity index (χ2v) is 10.7. The van der Waals surface area contributed by atoms with Crippen LogP contribution in [0.15, 0.2) is 79.1 Å². The van der Waals surface area contributed by atoms with Gasteiger partial charge >= 0.3 is 0 Å². The molecule has 34 heavy (non-hydrogen) atoms. The average Bonchev–Trinajstić information content (AvgIpc) is 2.83. The number of hydrogen-bond acceptors (Lipinski definition) is 3. The minimum atomic E-state index is 0.127. The number of rotatable bonds is 11. The molecule has 0 bridgehead atoms. The lowest BCUT2D eigenvalue weighted by atomic mass is 10.1. The number of carbonyl (C=O) groups excluding carboxylic acids is 1. The van der Waals surface area contributed by atoms with E-state index in [0.717, 1.165) is 34.5 Å². The van der Waals surface area contributed by atoms with Crippen molar-refractivity contribution in [2.24, 2.45) is 0 Å². The molecule has 0 aliphatic heterocycles. The first-order chi connectivity index (χ1) is 16.3. The summed E-state index contributed by atoms with van der Waals surface area (Å²) in [6.07, 6.45) is 9.60. The number of pyridine rings is 1. The van der Waals surface area contributed by atoms with Crippen LogP contribution in [0.3, 0.4) is 0 Å². The molecule has 0 aliphatic rings. The molecule has 0 N–H and O–H groups in total. The number of nitrogens with zero attached hydrogens (tertiary/aromatic N) is 3. The normalized spacial score (nSPS) is 11.6. The van der Waals surface area contributed by atoms with Gasteiger partial charge in [-0.15, -0.1) is 0 Å². The van der Waals surface area contributed by atoms with Crippen molar-refractivity contribution < 1.29 is 13.8 Å². The number of aryl methyl sites for hydroxylation is 1. The van der Waals surface area contributed by atoms with Crippen molar-refractivity contribution in [3.8, 4) is 0 Å². The van der Waals surface area contributed by atoms with Gasteiger partial charge in [-0.05, 0) is 23.3 Å². The number of carbonyl (C=O) groups is 1. The molecule has 5 heteroatoms. The minimum absolute atomic E-state index is 0.127. The fourth-order valence-corrected chi connectivity index (χ4v) is 4.36. The Bertz CT molecular complexity index is 1060. The summed E-state index contributed by atoms with van der Waals surface area (Å²) in [7, 11) is 8.88. The van der Waals surface area contributed by atoms with Gasteiger partial charge in [0.15, 0.2) is 18.9 Å². The summed E-state index contributed by atoms with van der Waals surface area (Å²) in [4.78, 5) is 14.5. The van der Waals surface area contributed by atoms with Crippen molar-refractivity contribution in [2.75, 3.05) is 51.9 Å². The third kappa shape index (κ3) is 8.81. The molecular weight excluding hydrogens is 438 g/mol. The lowest BCUT2D eigenvalue weighted by Gasteiger charge is -2.26. The number of aromatic nitrogens is 1. The van der Waals surface area contributed by atoms with Gasteiger partial charge in [0.05, 0.1) is 33.4 Å². The zero-order chi connectivity index (χ0) is 24.4. The van der Waals surface area contributed by atoms with Crippen molar-refractivity contribution in [3.63, 3.8) is 0 Å². The van der Waals surface area contributed by atoms with Gasteiger partial charge in [0.2, 0.25) is 5.12 Å². The number of quaternary nitrogens is 1. The smallest absolute Gasteiger partial charge is 0.219 e. The van der Waals surface area contributed by atoms with E-state index in [4.69, 9.17) is 0 Å². The second kappa shape index (κ2) is 12.5. The Morgan fingerprint density at radius 1 is 0.912 bits per heavy atom. The molecule has 178 valence electrons. The van der Waals surface area contributed by atoms with Crippen LogP contribution in [0.4, 0.5) is 5.69 Å². The molecule has 3 aromatic rings. The lowest BCUT2D eigenvalue weighted by Crippen LogP contribution is -2.37. The molecule has 3 rings (SSSR count). The quantitative estimate of drug-likeness (QED) is 0.280. The highest BCUT2D eigenvalue weighted by Gasteiger charge is 2.09. The van der Waals surface area contributed by atoms with Crippen LogP contribution in [0.1, 0.15) is 27.9 Å². The van der Waals surface area contributed by atoms with Crippen molar-refractivity contribution in [1.82, 2.24) is 0 Å². The largest absolute Gasteiger partial charge is 0.374 e. The summed E-state index contributed by atoms with van der Waals surface area (Å²) in [5.74, 6) is 0.754. The molecule has 0 unspecified atom stereocenters. The van der Waals surface area contributed by atoms with E-state index in [9.17, 15) is 4.79 Å². The number of benzene rings is 2. The zero-order valence-corrected chi connectivity index (χ0v) is 21.7. The van der Waals surface area contributed by atoms with E-state index in [2.05, 4.69) is 98.6 Å². The molecular formula is C29H37N3OS+2. The molecule has 0 spiro atoms. The zero-order valence-electron chi connectivity index (χ0n) is 20.9. The van der Waals surface area contributed by atoms with Gasteiger partial charge in [-0.3, -0.25) is 4.79 Å². The summed E-state index contributed by atoms with van der Waals surface area (Å²) in [6, 6.07) is 22.4. The van der Waals surface area contributed by atoms with Gasteiger partial charge in [-0.2, -0.15) is 0 Å². The Balaban J connectivity index is 1.45. The third-order valence-corrected chi connectivity index (χ3v) is 6.52. The predicted molar refractivity (Wildman–Crippen MR) is 146 cm³/mol. The Morgan fingerprint density at radius 3 is 2.15 bits per heavy atom. The van der Waals surface area contributed by atoms with Gasteiger partial charge in [-0.1, -0.05) is 66.4 Å². The maximum absolute atomic E-state index is 12.2. The molecule has 0 atom stereocenters. The average molecular weight is 476 g/mol. The number of anilines is 1. The van der Waals surface area contributed by atoms with E-state index in [1.54, 1.807) is 0 Å². The van der Waals surface area contributed by atoms with E-state index in [1.807, 2.05) is 30.3 Å². The molecule has 0 aliphatic carbocycles. The van der Waals surface area contributed by atoms with E-state index < -0.39 is 0 Å². The van der Waals surface area contributed by atoms with Gasteiger partial charge in [-0.25, -0.2) is 4.57 Å². The first-order valence-electron chi connectivity index (χ1n) is 11.8. The van der Waals surface area contributed by atoms with Crippen LogP contribution in [0.5, 0.6) is 0 Å². The van der Waals surface area contributed by atoms with Crippen LogP contribution in [-0.2, 0) is 6.54 Å². The van der Waals surface area contributed by atoms with Gasteiger partial charge in [0.1, 0.15) is 0 Å². The topological polar surface area (TPSA) is 24.2 Å². The van der Waals surface area contributed by atoms with Gasteiger partial charge in [0, 0.05) is 43.4 Å². The first kappa shape index (κ1) is 25.7.